The maximum atomic E-state index is 8.46. The van der Waals surface area contributed by atoms with E-state index in [1.54, 1.807) is 0 Å². The molecule has 0 bridgehead atoms. The Morgan fingerprint density at radius 2 is 1.00 bits per heavy atom. The standard InChI is InChI=1S/2C6H5.Ca.HO2P/c2*1-2-4-6-5-3-1;;1-3-2/h2*1-5H;;(H,1,2)/q2*-1;+2;. The summed E-state index contributed by atoms with van der Waals surface area (Å²) < 4.78 is 8.46. The second-order valence-electron chi connectivity index (χ2n) is 2.24. The number of rotatable bonds is 0. The van der Waals surface area contributed by atoms with Gasteiger partial charge in [0, 0.05) is 0 Å². The van der Waals surface area contributed by atoms with Gasteiger partial charge in [-0.1, -0.05) is 0 Å². The summed E-state index contributed by atoms with van der Waals surface area (Å²) in [5, 5.41) is 0. The second kappa shape index (κ2) is 17.2. The molecule has 0 aliphatic heterocycles. The molecule has 0 spiro atoms. The minimum absolute atomic E-state index is 0. The van der Waals surface area contributed by atoms with E-state index >= 15 is 0 Å². The van der Waals surface area contributed by atoms with Crippen LogP contribution in [-0.2, 0) is 4.57 Å². The van der Waals surface area contributed by atoms with Gasteiger partial charge in [-0.3, -0.25) is 0 Å². The Morgan fingerprint density at radius 3 is 1.06 bits per heavy atom. The second-order valence-corrected chi connectivity index (χ2v) is 2.40. The molecule has 0 radical (unpaired) electrons. The first kappa shape index (κ1) is 18.1. The predicted molar refractivity (Wildman–Crippen MR) is 66.1 cm³/mol. The van der Waals surface area contributed by atoms with Gasteiger partial charge in [0.2, 0.25) is 0 Å². The molecule has 0 atom stereocenters. The molecule has 78 valence electrons. The van der Waals surface area contributed by atoms with Crippen LogP contribution in [0.2, 0.25) is 0 Å². The van der Waals surface area contributed by atoms with Gasteiger partial charge in [-0.05, 0) is 0 Å². The van der Waals surface area contributed by atoms with Crippen LogP contribution in [-0.4, -0.2) is 42.6 Å². The molecule has 2 aromatic carbocycles. The molecule has 0 aliphatic carbocycles. The van der Waals surface area contributed by atoms with Gasteiger partial charge in [0.25, 0.3) is 0 Å². The molecule has 0 aliphatic rings. The molecule has 0 aromatic heterocycles. The SMILES string of the molecule is O=PO.[Ca+2].[c-]1ccccc1.[c-]1ccccc1. The Bertz CT molecular complexity index is 231. The maximum absolute atomic E-state index is 8.46. The summed E-state index contributed by atoms with van der Waals surface area (Å²) in [6, 6.07) is 25.0. The topological polar surface area (TPSA) is 37.3 Å². The van der Waals surface area contributed by atoms with Crippen LogP contribution in [0.1, 0.15) is 0 Å². The Balaban J connectivity index is 0. The average Bonchev–Trinajstić information content (AvgIpc) is 2.35. The summed E-state index contributed by atoms with van der Waals surface area (Å²) in [5.74, 6) is 0. The summed E-state index contributed by atoms with van der Waals surface area (Å²) in [4.78, 5) is 6.99. The molecule has 1 N–H and O–H groups in total. The van der Waals surface area contributed by atoms with Crippen LogP contribution in [0.15, 0.2) is 60.7 Å². The van der Waals surface area contributed by atoms with Crippen LogP contribution in [0.5, 0.6) is 0 Å². The van der Waals surface area contributed by atoms with Crippen LogP contribution < -0.4 is 0 Å². The molecule has 2 aromatic rings. The van der Waals surface area contributed by atoms with Crippen LogP contribution in [0, 0.1) is 12.1 Å². The van der Waals surface area contributed by atoms with Crippen LogP contribution in [0.4, 0.5) is 0 Å². The van der Waals surface area contributed by atoms with Crippen molar-refractivity contribution >= 4 is 46.4 Å². The third-order valence-corrected chi connectivity index (χ3v) is 1.21. The third-order valence-electron chi connectivity index (χ3n) is 1.21. The van der Waals surface area contributed by atoms with Crippen molar-refractivity contribution in [1.29, 1.82) is 0 Å². The molecule has 2 rings (SSSR count). The fourth-order valence-electron chi connectivity index (χ4n) is 0.684. The molecule has 16 heavy (non-hydrogen) atoms. The summed E-state index contributed by atoms with van der Waals surface area (Å²) in [5.41, 5.74) is 0. The van der Waals surface area contributed by atoms with Gasteiger partial charge in [-0.25, -0.2) is 4.57 Å². The van der Waals surface area contributed by atoms with E-state index in [4.69, 9.17) is 9.46 Å². The minimum Gasteiger partial charge on any atom is -0.310 e. The summed E-state index contributed by atoms with van der Waals surface area (Å²) >= 11 is 0. The first-order valence-electron chi connectivity index (χ1n) is 4.20. The first-order chi connectivity index (χ1) is 7.41. The van der Waals surface area contributed by atoms with Crippen molar-refractivity contribution in [3.8, 4) is 0 Å². The van der Waals surface area contributed by atoms with Crippen LogP contribution in [0.3, 0.4) is 0 Å². The van der Waals surface area contributed by atoms with Gasteiger partial charge in [0.15, 0.2) is 0 Å². The predicted octanol–water partition coefficient (Wildman–Crippen LogP) is 2.78. The Labute approximate surface area is 128 Å². The zero-order valence-electron chi connectivity index (χ0n) is 8.78. The van der Waals surface area contributed by atoms with E-state index in [0.717, 1.165) is 0 Å². The molecule has 0 heterocycles. The summed E-state index contributed by atoms with van der Waals surface area (Å²) in [7, 11) is -0.833. The molecule has 4 heteroatoms. The van der Waals surface area contributed by atoms with Crippen molar-refractivity contribution < 1.29 is 9.46 Å². The molecule has 2 nitrogen and oxygen atoms in total. The molecule has 0 saturated carbocycles. The monoisotopic (exact) mass is 258 g/mol. The van der Waals surface area contributed by atoms with Crippen molar-refractivity contribution in [2.24, 2.45) is 0 Å². The smallest absolute Gasteiger partial charge is 0.310 e. The van der Waals surface area contributed by atoms with Gasteiger partial charge in [-0.2, -0.15) is 72.8 Å². The zero-order chi connectivity index (χ0) is 11.2. The van der Waals surface area contributed by atoms with Gasteiger partial charge >= 0.3 is 46.4 Å². The van der Waals surface area contributed by atoms with E-state index in [1.165, 1.54) is 0 Å². The minimum atomic E-state index is -0.833. The van der Waals surface area contributed by atoms with E-state index in [0.29, 0.717) is 0 Å². The number of hydrogen-bond acceptors (Lipinski definition) is 1. The van der Waals surface area contributed by atoms with E-state index in [2.05, 4.69) is 12.1 Å². The summed E-state index contributed by atoms with van der Waals surface area (Å²) in [6.07, 6.45) is 0. The zero-order valence-corrected chi connectivity index (χ0v) is 11.9. The van der Waals surface area contributed by atoms with Gasteiger partial charge in [0.1, 0.15) is 0 Å². The fraction of sp³-hybridized carbons (Fsp3) is 0. The Kier molecular flexibility index (Phi) is 19.5. The first-order valence-corrected chi connectivity index (χ1v) is 4.97. The molecular weight excluding hydrogens is 247 g/mol. The molecule has 0 unspecified atom stereocenters. The molecule has 0 saturated heterocycles. The van der Waals surface area contributed by atoms with Crippen molar-refractivity contribution in [2.45, 2.75) is 0 Å². The summed E-state index contributed by atoms with van der Waals surface area (Å²) in [6.45, 7) is 0. The van der Waals surface area contributed by atoms with Crippen LogP contribution in [0.25, 0.3) is 0 Å². The Hall–Kier alpha value is -0.240. The van der Waals surface area contributed by atoms with E-state index in [9.17, 15) is 0 Å². The fourth-order valence-corrected chi connectivity index (χ4v) is 0.684. The number of hydrogen-bond donors (Lipinski definition) is 1. The Morgan fingerprint density at radius 1 is 0.750 bits per heavy atom. The molecular formula is C12H11CaO2P. The van der Waals surface area contributed by atoms with Crippen LogP contribution >= 0.6 is 8.69 Å². The quantitative estimate of drug-likeness (QED) is 0.448. The van der Waals surface area contributed by atoms with Crippen molar-refractivity contribution in [3.63, 3.8) is 0 Å². The van der Waals surface area contributed by atoms with Gasteiger partial charge < -0.3 is 4.89 Å². The van der Waals surface area contributed by atoms with E-state index in [1.807, 2.05) is 60.7 Å². The van der Waals surface area contributed by atoms with Crippen molar-refractivity contribution in [3.05, 3.63) is 72.8 Å². The largest absolute Gasteiger partial charge is 2.00 e. The van der Waals surface area contributed by atoms with Gasteiger partial charge in [-0.15, -0.1) is 0 Å². The normalized spacial score (nSPS) is 7.31. The average molecular weight is 258 g/mol. The molecule has 0 fully saturated rings. The maximum Gasteiger partial charge on any atom is 2.00 e. The third kappa shape index (κ3) is 16.2. The van der Waals surface area contributed by atoms with Crippen molar-refractivity contribution in [1.82, 2.24) is 0 Å². The van der Waals surface area contributed by atoms with Crippen molar-refractivity contribution in [2.75, 3.05) is 0 Å². The molecule has 0 amide bonds. The number of benzene rings is 2. The van der Waals surface area contributed by atoms with E-state index in [-0.39, 0.29) is 37.7 Å². The van der Waals surface area contributed by atoms with E-state index < -0.39 is 8.69 Å². The van der Waals surface area contributed by atoms with Gasteiger partial charge in [0.05, 0.1) is 0 Å².